The summed E-state index contributed by atoms with van der Waals surface area (Å²) in [6.45, 7) is 9.13. The predicted octanol–water partition coefficient (Wildman–Crippen LogP) is 2.89. The third kappa shape index (κ3) is 6.12. The molecular weight excluding hydrogens is 414 g/mol. The van der Waals surface area contributed by atoms with E-state index in [1.54, 1.807) is 19.2 Å². The highest BCUT2D eigenvalue weighted by atomic mass is 32.2. The summed E-state index contributed by atoms with van der Waals surface area (Å²) < 4.78 is 39.2. The van der Waals surface area contributed by atoms with Crippen LogP contribution in [-0.2, 0) is 10.0 Å². The smallest absolute Gasteiger partial charge is 0.244 e. The van der Waals surface area contributed by atoms with Crippen molar-refractivity contribution in [1.82, 2.24) is 9.62 Å². The molecule has 1 aliphatic heterocycles. The zero-order chi connectivity index (χ0) is 22.3. The minimum atomic E-state index is -3.61. The average molecular weight is 448 g/mol. The van der Waals surface area contributed by atoms with Crippen molar-refractivity contribution in [1.29, 1.82) is 0 Å². The number of benzene rings is 2. The van der Waals surface area contributed by atoms with E-state index in [9.17, 15) is 8.42 Å². The predicted molar refractivity (Wildman–Crippen MR) is 124 cm³/mol. The summed E-state index contributed by atoms with van der Waals surface area (Å²) in [5, 5.41) is 0. The van der Waals surface area contributed by atoms with Gasteiger partial charge in [-0.1, -0.05) is 18.2 Å². The molecule has 1 N–H and O–H groups in total. The number of ether oxygens (including phenoxy) is 2. The Morgan fingerprint density at radius 2 is 1.77 bits per heavy atom. The number of piperazine rings is 1. The zero-order valence-electron chi connectivity index (χ0n) is 18.6. The SMILES string of the molecule is CCOc1ccc(C)cc1S(=O)(=O)NCCCN1CCN(c2ccccc2OC)CC1. The van der Waals surface area contributed by atoms with Crippen LogP contribution in [0.25, 0.3) is 0 Å². The maximum absolute atomic E-state index is 12.8. The summed E-state index contributed by atoms with van der Waals surface area (Å²) in [4.78, 5) is 4.92. The number of rotatable bonds is 10. The number of hydrogen-bond donors (Lipinski definition) is 1. The molecule has 1 saturated heterocycles. The zero-order valence-corrected chi connectivity index (χ0v) is 19.5. The number of methoxy groups -OCH3 is 1. The molecule has 0 aliphatic carbocycles. The van der Waals surface area contributed by atoms with Crippen molar-refractivity contribution in [3.05, 3.63) is 48.0 Å². The second kappa shape index (κ2) is 10.8. The number of aryl methyl sites for hydroxylation is 1. The van der Waals surface area contributed by atoms with Crippen molar-refractivity contribution >= 4 is 15.7 Å². The molecule has 0 spiro atoms. The molecule has 0 aromatic heterocycles. The number of nitrogens with one attached hydrogen (secondary N) is 1. The van der Waals surface area contributed by atoms with Crippen LogP contribution >= 0.6 is 0 Å². The van der Waals surface area contributed by atoms with Gasteiger partial charge >= 0.3 is 0 Å². The number of anilines is 1. The van der Waals surface area contributed by atoms with Crippen molar-refractivity contribution in [3.8, 4) is 11.5 Å². The van der Waals surface area contributed by atoms with E-state index < -0.39 is 10.0 Å². The first kappa shape index (κ1) is 23.4. The first-order valence-electron chi connectivity index (χ1n) is 10.8. The van der Waals surface area contributed by atoms with Crippen LogP contribution in [0.2, 0.25) is 0 Å². The molecule has 3 rings (SSSR count). The van der Waals surface area contributed by atoms with Gasteiger partial charge in [-0.25, -0.2) is 13.1 Å². The number of hydrogen-bond acceptors (Lipinski definition) is 6. The Hall–Kier alpha value is -2.29. The fourth-order valence-corrected chi connectivity index (χ4v) is 5.09. The quantitative estimate of drug-likeness (QED) is 0.565. The molecule has 1 fully saturated rings. The van der Waals surface area contributed by atoms with E-state index in [2.05, 4.69) is 20.6 Å². The van der Waals surface area contributed by atoms with Crippen LogP contribution in [0, 0.1) is 6.92 Å². The molecule has 0 radical (unpaired) electrons. The van der Waals surface area contributed by atoms with E-state index in [-0.39, 0.29) is 4.90 Å². The Kier molecular flexibility index (Phi) is 8.17. The highest BCUT2D eigenvalue weighted by Crippen LogP contribution is 2.28. The van der Waals surface area contributed by atoms with Crippen molar-refractivity contribution < 1.29 is 17.9 Å². The molecule has 170 valence electrons. The molecule has 2 aromatic rings. The van der Waals surface area contributed by atoms with E-state index in [1.165, 1.54) is 0 Å². The minimum absolute atomic E-state index is 0.208. The lowest BCUT2D eigenvalue weighted by molar-refractivity contribution is 0.254. The van der Waals surface area contributed by atoms with Gasteiger partial charge in [0.2, 0.25) is 10.0 Å². The standard InChI is InChI=1S/C23H33N3O4S/c1-4-30-22-11-10-19(2)18-23(22)31(27,28)24-12-7-13-25-14-16-26(17-15-25)20-8-5-6-9-21(20)29-3/h5-6,8-11,18,24H,4,7,12-17H2,1-3H3. The van der Waals surface area contributed by atoms with Crippen LogP contribution in [0.15, 0.2) is 47.4 Å². The largest absolute Gasteiger partial charge is 0.495 e. The van der Waals surface area contributed by atoms with Crippen LogP contribution in [0.4, 0.5) is 5.69 Å². The van der Waals surface area contributed by atoms with Gasteiger partial charge in [0.15, 0.2) is 0 Å². The van der Waals surface area contributed by atoms with Gasteiger partial charge in [-0.2, -0.15) is 0 Å². The lowest BCUT2D eigenvalue weighted by Gasteiger charge is -2.36. The highest BCUT2D eigenvalue weighted by molar-refractivity contribution is 7.89. The topological polar surface area (TPSA) is 71.1 Å². The summed E-state index contributed by atoms with van der Waals surface area (Å²) in [6.07, 6.45) is 0.754. The molecule has 0 atom stereocenters. The Labute approximate surface area is 186 Å². The summed E-state index contributed by atoms with van der Waals surface area (Å²) in [6, 6.07) is 13.3. The van der Waals surface area contributed by atoms with Gasteiger partial charge in [0.05, 0.1) is 19.4 Å². The molecule has 8 heteroatoms. The van der Waals surface area contributed by atoms with E-state index in [4.69, 9.17) is 9.47 Å². The summed E-state index contributed by atoms with van der Waals surface area (Å²) in [5.74, 6) is 1.29. The van der Waals surface area contributed by atoms with E-state index in [1.807, 2.05) is 38.1 Å². The Bertz CT molecular complexity index is 957. The van der Waals surface area contributed by atoms with E-state index >= 15 is 0 Å². The maximum Gasteiger partial charge on any atom is 0.244 e. The van der Waals surface area contributed by atoms with Crippen LogP contribution in [-0.4, -0.2) is 66.3 Å². The van der Waals surface area contributed by atoms with Crippen LogP contribution in [0.3, 0.4) is 0 Å². The van der Waals surface area contributed by atoms with Crippen LogP contribution < -0.4 is 19.1 Å². The maximum atomic E-state index is 12.8. The summed E-state index contributed by atoms with van der Waals surface area (Å²) >= 11 is 0. The summed E-state index contributed by atoms with van der Waals surface area (Å²) in [7, 11) is -1.91. The molecule has 0 unspecified atom stereocenters. The van der Waals surface area contributed by atoms with Crippen molar-refractivity contribution in [2.45, 2.75) is 25.2 Å². The second-order valence-corrected chi connectivity index (χ2v) is 9.37. The van der Waals surface area contributed by atoms with Gasteiger partial charge in [-0.15, -0.1) is 0 Å². The fourth-order valence-electron chi connectivity index (χ4n) is 3.79. The van der Waals surface area contributed by atoms with Crippen LogP contribution in [0.5, 0.6) is 11.5 Å². The molecule has 7 nitrogen and oxygen atoms in total. The molecule has 31 heavy (non-hydrogen) atoms. The van der Waals surface area contributed by atoms with Gasteiger partial charge in [0.1, 0.15) is 16.4 Å². The first-order valence-corrected chi connectivity index (χ1v) is 12.3. The van der Waals surface area contributed by atoms with Gasteiger partial charge < -0.3 is 14.4 Å². The number of para-hydroxylation sites is 2. The first-order chi connectivity index (χ1) is 14.9. The number of sulfonamides is 1. The average Bonchev–Trinajstić information content (AvgIpc) is 2.78. The van der Waals surface area contributed by atoms with Gasteiger partial charge in [-0.3, -0.25) is 4.90 Å². The van der Waals surface area contributed by atoms with Crippen molar-refractivity contribution in [2.24, 2.45) is 0 Å². The second-order valence-electron chi connectivity index (χ2n) is 7.64. The number of nitrogens with zero attached hydrogens (tertiary/aromatic N) is 2. The summed E-state index contributed by atoms with van der Waals surface area (Å²) in [5.41, 5.74) is 2.01. The fraction of sp³-hybridized carbons (Fsp3) is 0.478. The molecule has 2 aromatic carbocycles. The lowest BCUT2D eigenvalue weighted by atomic mass is 10.2. The molecular formula is C23H33N3O4S. The van der Waals surface area contributed by atoms with E-state index in [0.29, 0.717) is 18.9 Å². The van der Waals surface area contributed by atoms with Crippen molar-refractivity contribution in [3.63, 3.8) is 0 Å². The monoisotopic (exact) mass is 447 g/mol. The Morgan fingerprint density at radius 1 is 1.03 bits per heavy atom. The normalized spacial score (nSPS) is 15.1. The van der Waals surface area contributed by atoms with Crippen molar-refractivity contribution in [2.75, 3.05) is 57.9 Å². The molecule has 0 saturated carbocycles. The Balaban J connectivity index is 1.47. The molecule has 1 heterocycles. The Morgan fingerprint density at radius 3 is 2.48 bits per heavy atom. The van der Waals surface area contributed by atoms with Gasteiger partial charge in [0, 0.05) is 32.7 Å². The molecule has 0 amide bonds. The highest BCUT2D eigenvalue weighted by Gasteiger charge is 2.21. The van der Waals surface area contributed by atoms with E-state index in [0.717, 1.165) is 56.1 Å². The van der Waals surface area contributed by atoms with Gasteiger partial charge in [-0.05, 0) is 56.6 Å². The minimum Gasteiger partial charge on any atom is -0.495 e. The lowest BCUT2D eigenvalue weighted by Crippen LogP contribution is -2.47. The van der Waals surface area contributed by atoms with Gasteiger partial charge in [0.25, 0.3) is 0 Å². The van der Waals surface area contributed by atoms with Crippen LogP contribution in [0.1, 0.15) is 18.9 Å². The third-order valence-electron chi connectivity index (χ3n) is 5.43. The third-order valence-corrected chi connectivity index (χ3v) is 6.91. The molecule has 0 bridgehead atoms. The molecule has 1 aliphatic rings.